The molecule has 5 heteroatoms. The van der Waals surface area contributed by atoms with Crippen molar-refractivity contribution in [3.8, 4) is 0 Å². The van der Waals surface area contributed by atoms with Crippen molar-refractivity contribution in [2.45, 2.75) is 19.8 Å². The summed E-state index contributed by atoms with van der Waals surface area (Å²) in [5, 5.41) is 7.41. The van der Waals surface area contributed by atoms with E-state index in [1.807, 2.05) is 13.8 Å². The molecule has 0 N–H and O–H groups in total. The SMILES string of the molecule is CC(C)c1nnc(C(=O)N(C)C)o1. The molecular weight excluding hydrogens is 170 g/mol. The Bertz CT molecular complexity index is 304. The monoisotopic (exact) mass is 183 g/mol. The molecule has 0 spiro atoms. The van der Waals surface area contributed by atoms with Crippen LogP contribution in [0.4, 0.5) is 0 Å². The van der Waals surface area contributed by atoms with E-state index in [1.54, 1.807) is 14.1 Å². The molecule has 13 heavy (non-hydrogen) atoms. The average Bonchev–Trinajstić information content (AvgIpc) is 2.50. The Kier molecular flexibility index (Phi) is 2.65. The number of carbonyl (C=O) groups is 1. The molecule has 1 amide bonds. The molecule has 0 bridgehead atoms. The van der Waals surface area contributed by atoms with E-state index in [1.165, 1.54) is 4.90 Å². The van der Waals surface area contributed by atoms with Gasteiger partial charge in [-0.1, -0.05) is 13.8 Å². The first-order valence-corrected chi connectivity index (χ1v) is 4.07. The Balaban J connectivity index is 2.86. The molecule has 0 aliphatic heterocycles. The van der Waals surface area contributed by atoms with E-state index in [2.05, 4.69) is 10.2 Å². The van der Waals surface area contributed by atoms with Crippen LogP contribution in [0.5, 0.6) is 0 Å². The number of rotatable bonds is 2. The summed E-state index contributed by atoms with van der Waals surface area (Å²) in [6.45, 7) is 3.86. The molecular formula is C8H13N3O2. The van der Waals surface area contributed by atoms with Crippen molar-refractivity contribution >= 4 is 5.91 Å². The molecule has 1 rings (SSSR count). The number of hydrogen-bond donors (Lipinski definition) is 0. The molecule has 0 fully saturated rings. The highest BCUT2D eigenvalue weighted by Crippen LogP contribution is 2.12. The second kappa shape index (κ2) is 3.55. The van der Waals surface area contributed by atoms with Gasteiger partial charge in [-0.2, -0.15) is 0 Å². The largest absolute Gasteiger partial charge is 0.417 e. The number of amides is 1. The molecule has 0 aliphatic rings. The third kappa shape index (κ3) is 2.05. The topological polar surface area (TPSA) is 59.2 Å². The summed E-state index contributed by atoms with van der Waals surface area (Å²) in [7, 11) is 3.28. The van der Waals surface area contributed by atoms with Crippen molar-refractivity contribution in [3.63, 3.8) is 0 Å². The number of nitrogens with zero attached hydrogens (tertiary/aromatic N) is 3. The minimum absolute atomic E-state index is 0.0497. The van der Waals surface area contributed by atoms with Crippen LogP contribution in [0.3, 0.4) is 0 Å². The maximum absolute atomic E-state index is 11.3. The molecule has 72 valence electrons. The summed E-state index contributed by atoms with van der Waals surface area (Å²) in [5.74, 6) is 0.425. The summed E-state index contributed by atoms with van der Waals surface area (Å²) < 4.78 is 5.15. The lowest BCUT2D eigenvalue weighted by Crippen LogP contribution is -2.21. The van der Waals surface area contributed by atoms with Gasteiger partial charge in [-0.25, -0.2) is 0 Å². The second-order valence-corrected chi connectivity index (χ2v) is 3.30. The van der Waals surface area contributed by atoms with E-state index >= 15 is 0 Å². The van der Waals surface area contributed by atoms with Crippen molar-refractivity contribution in [1.82, 2.24) is 15.1 Å². The standard InChI is InChI=1S/C8H13N3O2/c1-5(2)6-9-10-7(13-6)8(12)11(3)4/h5H,1-4H3. The van der Waals surface area contributed by atoms with Crippen LogP contribution in [0.2, 0.25) is 0 Å². The molecule has 0 aromatic carbocycles. The Hall–Kier alpha value is -1.39. The molecule has 1 aromatic rings. The van der Waals surface area contributed by atoms with Crippen LogP contribution in [0.1, 0.15) is 36.3 Å². The first-order valence-electron chi connectivity index (χ1n) is 4.07. The predicted octanol–water partition coefficient (Wildman–Crippen LogP) is 0.895. The molecule has 5 nitrogen and oxygen atoms in total. The van der Waals surface area contributed by atoms with Gasteiger partial charge in [0.05, 0.1) is 0 Å². The normalized spacial score (nSPS) is 10.5. The van der Waals surface area contributed by atoms with E-state index < -0.39 is 0 Å². The minimum atomic E-state index is -0.264. The van der Waals surface area contributed by atoms with Crippen LogP contribution in [-0.2, 0) is 0 Å². The van der Waals surface area contributed by atoms with Gasteiger partial charge in [-0.05, 0) is 0 Å². The zero-order valence-electron chi connectivity index (χ0n) is 8.24. The molecule has 0 radical (unpaired) electrons. The van der Waals surface area contributed by atoms with E-state index in [0.29, 0.717) is 5.89 Å². The van der Waals surface area contributed by atoms with Crippen molar-refractivity contribution in [2.24, 2.45) is 0 Å². The van der Waals surface area contributed by atoms with E-state index in [4.69, 9.17) is 4.42 Å². The predicted molar refractivity (Wildman–Crippen MR) is 46.4 cm³/mol. The fourth-order valence-corrected chi connectivity index (χ4v) is 0.746. The number of carbonyl (C=O) groups excluding carboxylic acids is 1. The highest BCUT2D eigenvalue weighted by molar-refractivity contribution is 5.88. The molecule has 0 atom stereocenters. The first-order chi connectivity index (χ1) is 6.02. The summed E-state index contributed by atoms with van der Waals surface area (Å²) in [5.41, 5.74) is 0. The van der Waals surface area contributed by atoms with Gasteiger partial charge in [0, 0.05) is 20.0 Å². The lowest BCUT2D eigenvalue weighted by Gasteiger charge is -2.04. The van der Waals surface area contributed by atoms with Crippen LogP contribution in [0.25, 0.3) is 0 Å². The Morgan fingerprint density at radius 2 is 2.00 bits per heavy atom. The summed E-state index contributed by atoms with van der Waals surface area (Å²) in [6, 6.07) is 0. The Morgan fingerprint density at radius 3 is 2.38 bits per heavy atom. The van der Waals surface area contributed by atoms with Crippen LogP contribution in [0, 0.1) is 0 Å². The minimum Gasteiger partial charge on any atom is -0.417 e. The van der Waals surface area contributed by atoms with Crippen molar-refractivity contribution in [2.75, 3.05) is 14.1 Å². The van der Waals surface area contributed by atoms with E-state index in [-0.39, 0.29) is 17.7 Å². The molecule has 0 aliphatic carbocycles. The van der Waals surface area contributed by atoms with Gasteiger partial charge in [-0.15, -0.1) is 10.2 Å². The van der Waals surface area contributed by atoms with Crippen LogP contribution < -0.4 is 0 Å². The molecule has 1 heterocycles. The summed E-state index contributed by atoms with van der Waals surface area (Å²) >= 11 is 0. The third-order valence-electron chi connectivity index (χ3n) is 1.52. The van der Waals surface area contributed by atoms with Gasteiger partial charge in [0.2, 0.25) is 5.89 Å². The first kappa shape index (κ1) is 9.70. The fourth-order valence-electron chi connectivity index (χ4n) is 0.746. The third-order valence-corrected chi connectivity index (χ3v) is 1.52. The van der Waals surface area contributed by atoms with Crippen molar-refractivity contribution in [1.29, 1.82) is 0 Å². The van der Waals surface area contributed by atoms with E-state index in [0.717, 1.165) is 0 Å². The van der Waals surface area contributed by atoms with Crippen molar-refractivity contribution < 1.29 is 9.21 Å². The smallest absolute Gasteiger partial charge is 0.310 e. The van der Waals surface area contributed by atoms with Crippen molar-refractivity contribution in [3.05, 3.63) is 11.8 Å². The zero-order valence-corrected chi connectivity index (χ0v) is 8.24. The Morgan fingerprint density at radius 1 is 1.38 bits per heavy atom. The van der Waals surface area contributed by atoms with Gasteiger partial charge in [0.15, 0.2) is 0 Å². The molecule has 0 unspecified atom stereocenters. The van der Waals surface area contributed by atoms with Crippen LogP contribution >= 0.6 is 0 Å². The number of aromatic nitrogens is 2. The van der Waals surface area contributed by atoms with Gasteiger partial charge in [0.25, 0.3) is 0 Å². The Labute approximate surface area is 76.7 Å². The lowest BCUT2D eigenvalue weighted by molar-refractivity contribution is 0.0786. The van der Waals surface area contributed by atoms with Gasteiger partial charge < -0.3 is 9.32 Å². The average molecular weight is 183 g/mol. The zero-order chi connectivity index (χ0) is 10.0. The summed E-state index contributed by atoms with van der Waals surface area (Å²) in [4.78, 5) is 12.7. The maximum atomic E-state index is 11.3. The highest BCUT2D eigenvalue weighted by Gasteiger charge is 2.17. The molecule has 0 saturated heterocycles. The lowest BCUT2D eigenvalue weighted by atomic mass is 10.2. The fraction of sp³-hybridized carbons (Fsp3) is 0.625. The summed E-state index contributed by atoms with van der Waals surface area (Å²) in [6.07, 6.45) is 0. The van der Waals surface area contributed by atoms with Gasteiger partial charge in [0.1, 0.15) is 0 Å². The van der Waals surface area contributed by atoms with Gasteiger partial charge in [-0.3, -0.25) is 4.79 Å². The number of hydrogen-bond acceptors (Lipinski definition) is 4. The quantitative estimate of drug-likeness (QED) is 0.683. The highest BCUT2D eigenvalue weighted by atomic mass is 16.4. The van der Waals surface area contributed by atoms with E-state index in [9.17, 15) is 4.79 Å². The van der Waals surface area contributed by atoms with Gasteiger partial charge >= 0.3 is 11.8 Å². The second-order valence-electron chi connectivity index (χ2n) is 3.30. The molecule has 1 aromatic heterocycles. The molecule has 0 saturated carbocycles. The maximum Gasteiger partial charge on any atom is 0.310 e. The van der Waals surface area contributed by atoms with Crippen LogP contribution in [0.15, 0.2) is 4.42 Å². The van der Waals surface area contributed by atoms with Crippen LogP contribution in [-0.4, -0.2) is 35.1 Å².